The summed E-state index contributed by atoms with van der Waals surface area (Å²) >= 11 is 1.52. The predicted octanol–water partition coefficient (Wildman–Crippen LogP) is 3.96. The first-order valence-corrected chi connectivity index (χ1v) is 12.3. The molecule has 1 aliphatic heterocycles. The van der Waals surface area contributed by atoms with Gasteiger partial charge in [0.25, 0.3) is 5.91 Å². The number of nitrogens with zero attached hydrogens (tertiary/aromatic N) is 2. The van der Waals surface area contributed by atoms with Gasteiger partial charge in [0.15, 0.2) is 5.17 Å². The van der Waals surface area contributed by atoms with Gasteiger partial charge in [-0.2, -0.15) is 0 Å². The van der Waals surface area contributed by atoms with Gasteiger partial charge in [0, 0.05) is 23.4 Å². The normalized spacial score (nSPS) is 18.1. The Labute approximate surface area is 187 Å². The van der Waals surface area contributed by atoms with E-state index in [0.717, 1.165) is 11.3 Å². The average Bonchev–Trinajstić information content (AvgIpc) is 3.06. The summed E-state index contributed by atoms with van der Waals surface area (Å²) in [7, 11) is -2.44. The molecule has 2 aromatic rings. The highest BCUT2D eigenvalue weighted by Crippen LogP contribution is 2.31. The molecule has 1 amide bonds. The van der Waals surface area contributed by atoms with Gasteiger partial charge < -0.3 is 4.74 Å². The van der Waals surface area contributed by atoms with Gasteiger partial charge in [-0.25, -0.2) is 18.1 Å². The van der Waals surface area contributed by atoms with E-state index in [0.29, 0.717) is 11.7 Å². The first kappa shape index (κ1) is 23.3. The lowest BCUT2D eigenvalue weighted by Gasteiger charge is -2.18. The summed E-state index contributed by atoms with van der Waals surface area (Å²) in [4.78, 5) is 19.5. The van der Waals surface area contributed by atoms with E-state index in [-0.39, 0.29) is 33.4 Å². The largest absolute Gasteiger partial charge is 0.495 e. The van der Waals surface area contributed by atoms with E-state index in [1.54, 1.807) is 24.8 Å². The van der Waals surface area contributed by atoms with E-state index < -0.39 is 10.0 Å². The highest BCUT2D eigenvalue weighted by molar-refractivity contribution is 8.14. The topological polar surface area (TPSA) is 88.1 Å². The molecule has 2 aromatic carbocycles. The number of nitrogens with one attached hydrogen (secondary N) is 1. The Morgan fingerprint density at radius 3 is 2.65 bits per heavy atom. The van der Waals surface area contributed by atoms with Crippen LogP contribution in [-0.2, 0) is 10.0 Å². The third-order valence-electron chi connectivity index (χ3n) is 4.54. The van der Waals surface area contributed by atoms with E-state index in [4.69, 9.17) is 4.74 Å². The number of ether oxygens (including phenoxy) is 1. The van der Waals surface area contributed by atoms with Crippen molar-refractivity contribution < 1.29 is 17.9 Å². The standard InChI is InChI=1S/C22H27N3O4S2/c1-14(2)24-31(27,28)20-12-17(9-10-19(20)29-5)21(26)25-13-16(4)30-22(25)23-18-8-6-7-15(3)11-18/h6-12,14,16,24H,13H2,1-5H3. The first-order valence-electron chi connectivity index (χ1n) is 9.95. The van der Waals surface area contributed by atoms with Crippen molar-refractivity contribution in [3.8, 4) is 5.75 Å². The second-order valence-corrected chi connectivity index (χ2v) is 10.8. The zero-order valence-electron chi connectivity index (χ0n) is 18.2. The Hall–Kier alpha value is -2.36. The van der Waals surface area contributed by atoms with Crippen LogP contribution in [0.3, 0.4) is 0 Å². The third kappa shape index (κ3) is 5.47. The fourth-order valence-electron chi connectivity index (χ4n) is 3.23. The molecule has 0 aliphatic carbocycles. The number of benzene rings is 2. The molecule has 1 atom stereocenters. The number of amides is 1. The first-order chi connectivity index (χ1) is 14.6. The molecule has 7 nitrogen and oxygen atoms in total. The number of hydrogen-bond acceptors (Lipinski definition) is 6. The van der Waals surface area contributed by atoms with Gasteiger partial charge in [0.05, 0.1) is 12.8 Å². The van der Waals surface area contributed by atoms with E-state index in [1.165, 1.54) is 31.0 Å². The summed E-state index contributed by atoms with van der Waals surface area (Å²) in [5.74, 6) is -0.116. The summed E-state index contributed by atoms with van der Waals surface area (Å²) in [5, 5.41) is 0.778. The van der Waals surface area contributed by atoms with Crippen LogP contribution in [0, 0.1) is 6.92 Å². The van der Waals surface area contributed by atoms with Crippen LogP contribution in [0.5, 0.6) is 5.75 Å². The van der Waals surface area contributed by atoms with Gasteiger partial charge in [-0.05, 0) is 56.7 Å². The van der Waals surface area contributed by atoms with Crippen molar-refractivity contribution >= 4 is 38.5 Å². The molecular weight excluding hydrogens is 434 g/mol. The second kappa shape index (κ2) is 9.42. The SMILES string of the molecule is COc1ccc(C(=O)N2CC(C)SC2=Nc2cccc(C)c2)cc1S(=O)(=O)NC(C)C. The number of methoxy groups -OCH3 is 1. The number of thioether (sulfide) groups is 1. The number of sulfonamides is 1. The van der Waals surface area contributed by atoms with Crippen LogP contribution in [0.4, 0.5) is 5.69 Å². The second-order valence-electron chi connectivity index (χ2n) is 7.72. The van der Waals surface area contributed by atoms with Gasteiger partial charge >= 0.3 is 0 Å². The number of carbonyl (C=O) groups is 1. The van der Waals surface area contributed by atoms with Crippen LogP contribution in [0.15, 0.2) is 52.4 Å². The van der Waals surface area contributed by atoms with Gasteiger partial charge in [-0.15, -0.1) is 0 Å². The van der Waals surface area contributed by atoms with Crippen LogP contribution < -0.4 is 9.46 Å². The molecule has 166 valence electrons. The molecule has 0 spiro atoms. The fourth-order valence-corrected chi connectivity index (χ4v) is 5.70. The number of rotatable bonds is 6. The summed E-state index contributed by atoms with van der Waals surface area (Å²) in [6, 6.07) is 11.9. The maximum Gasteiger partial charge on any atom is 0.259 e. The van der Waals surface area contributed by atoms with Gasteiger partial charge in [0.2, 0.25) is 10.0 Å². The molecule has 0 radical (unpaired) electrons. The molecule has 0 aromatic heterocycles. The average molecular weight is 462 g/mol. The lowest BCUT2D eigenvalue weighted by Crippen LogP contribution is -2.33. The van der Waals surface area contributed by atoms with Crippen LogP contribution in [0.1, 0.15) is 36.7 Å². The molecule has 1 fully saturated rings. The summed E-state index contributed by atoms with van der Waals surface area (Å²) < 4.78 is 33.3. The minimum Gasteiger partial charge on any atom is -0.495 e. The lowest BCUT2D eigenvalue weighted by atomic mass is 10.2. The van der Waals surface area contributed by atoms with Crippen molar-refractivity contribution in [1.82, 2.24) is 9.62 Å². The third-order valence-corrected chi connectivity index (χ3v) is 7.29. The Bertz CT molecular complexity index is 1110. The number of aryl methyl sites for hydroxylation is 1. The Morgan fingerprint density at radius 1 is 1.26 bits per heavy atom. The Kier molecular flexibility index (Phi) is 7.08. The Balaban J connectivity index is 1.98. The highest BCUT2D eigenvalue weighted by atomic mass is 32.2. The molecule has 1 saturated heterocycles. The van der Waals surface area contributed by atoms with Crippen LogP contribution in [0.2, 0.25) is 0 Å². The maximum absolute atomic E-state index is 13.3. The zero-order chi connectivity index (χ0) is 22.8. The molecule has 1 N–H and O–H groups in total. The van der Waals surface area contributed by atoms with Crippen LogP contribution in [-0.4, -0.2) is 49.3 Å². The zero-order valence-corrected chi connectivity index (χ0v) is 19.9. The monoisotopic (exact) mass is 461 g/mol. The van der Waals surface area contributed by atoms with Gasteiger partial charge in [-0.1, -0.05) is 30.8 Å². The van der Waals surface area contributed by atoms with E-state index in [9.17, 15) is 13.2 Å². The number of amidine groups is 1. The van der Waals surface area contributed by atoms with Crippen molar-refractivity contribution in [1.29, 1.82) is 0 Å². The molecule has 0 saturated carbocycles. The van der Waals surface area contributed by atoms with Crippen molar-refractivity contribution in [2.24, 2.45) is 4.99 Å². The van der Waals surface area contributed by atoms with Crippen molar-refractivity contribution in [3.05, 3.63) is 53.6 Å². The summed E-state index contributed by atoms with van der Waals surface area (Å²) in [5.41, 5.74) is 2.11. The number of hydrogen-bond donors (Lipinski definition) is 1. The van der Waals surface area contributed by atoms with Crippen LogP contribution in [0.25, 0.3) is 0 Å². The van der Waals surface area contributed by atoms with Crippen LogP contribution >= 0.6 is 11.8 Å². The minimum absolute atomic E-state index is 0.0633. The summed E-state index contributed by atoms with van der Waals surface area (Å²) in [6.07, 6.45) is 0. The van der Waals surface area contributed by atoms with Crippen molar-refractivity contribution in [2.45, 2.75) is 43.9 Å². The highest BCUT2D eigenvalue weighted by Gasteiger charge is 2.32. The predicted molar refractivity (Wildman–Crippen MR) is 125 cm³/mol. The molecule has 3 rings (SSSR count). The smallest absolute Gasteiger partial charge is 0.259 e. The Morgan fingerprint density at radius 2 is 2.00 bits per heavy atom. The fraction of sp³-hybridized carbons (Fsp3) is 0.364. The quantitative estimate of drug-likeness (QED) is 0.704. The van der Waals surface area contributed by atoms with Gasteiger partial charge in [0.1, 0.15) is 10.6 Å². The van der Waals surface area contributed by atoms with E-state index in [1.807, 2.05) is 38.1 Å². The molecule has 31 heavy (non-hydrogen) atoms. The molecule has 1 unspecified atom stereocenters. The molecule has 9 heteroatoms. The minimum atomic E-state index is -3.84. The maximum atomic E-state index is 13.3. The summed E-state index contributed by atoms with van der Waals surface area (Å²) in [6.45, 7) is 7.97. The molecular formula is C22H27N3O4S2. The molecule has 1 aliphatic rings. The lowest BCUT2D eigenvalue weighted by molar-refractivity contribution is 0.0855. The van der Waals surface area contributed by atoms with E-state index in [2.05, 4.69) is 9.71 Å². The number of carbonyl (C=O) groups excluding carboxylic acids is 1. The number of aliphatic imine (C=N–C) groups is 1. The molecule has 1 heterocycles. The van der Waals surface area contributed by atoms with E-state index >= 15 is 0 Å². The molecule has 0 bridgehead atoms. The van der Waals surface area contributed by atoms with Crippen molar-refractivity contribution in [2.75, 3.05) is 13.7 Å². The van der Waals surface area contributed by atoms with Gasteiger partial charge in [-0.3, -0.25) is 9.69 Å². The van der Waals surface area contributed by atoms with Crippen molar-refractivity contribution in [3.63, 3.8) is 0 Å².